The molecule has 2 aromatic rings. The van der Waals surface area contributed by atoms with Crippen LogP contribution in [0.2, 0.25) is 0 Å². The molecule has 1 aliphatic heterocycles. The number of carbonyl (C=O) groups is 2. The van der Waals surface area contributed by atoms with Crippen molar-refractivity contribution in [1.29, 1.82) is 0 Å². The maximum absolute atomic E-state index is 12.7. The molecular weight excluding hydrogens is 380 g/mol. The standard InChI is InChI=1S/C22H32N6O2/c29-21-8-17-27(18-19-5-11-23-12-6-19)14-1-4-20(7-13-24-21)22(30)25-9-2-15-28-16-3-10-26-28/h3,5-6,10-12,16,20H,1-2,4,7-9,13-15,17-18H2,(H,24,29)(H,25,30). The molecule has 1 fully saturated rings. The molecule has 1 atom stereocenters. The quantitative estimate of drug-likeness (QED) is 0.674. The van der Waals surface area contributed by atoms with Crippen molar-refractivity contribution in [2.24, 2.45) is 5.92 Å². The molecule has 1 saturated heterocycles. The molecule has 2 aromatic heterocycles. The Hall–Kier alpha value is -2.74. The lowest BCUT2D eigenvalue weighted by Crippen LogP contribution is -2.34. The van der Waals surface area contributed by atoms with Gasteiger partial charge in [-0.25, -0.2) is 0 Å². The zero-order valence-electron chi connectivity index (χ0n) is 17.5. The van der Waals surface area contributed by atoms with E-state index in [9.17, 15) is 9.59 Å². The number of aromatic nitrogens is 3. The van der Waals surface area contributed by atoms with Crippen LogP contribution in [0.5, 0.6) is 0 Å². The van der Waals surface area contributed by atoms with Crippen LogP contribution >= 0.6 is 0 Å². The Morgan fingerprint density at radius 3 is 2.87 bits per heavy atom. The van der Waals surface area contributed by atoms with Gasteiger partial charge in [0, 0.05) is 69.8 Å². The van der Waals surface area contributed by atoms with Gasteiger partial charge >= 0.3 is 0 Å². The highest BCUT2D eigenvalue weighted by Crippen LogP contribution is 2.14. The summed E-state index contributed by atoms with van der Waals surface area (Å²) in [6.07, 6.45) is 11.0. The van der Waals surface area contributed by atoms with Crippen LogP contribution in [0.4, 0.5) is 0 Å². The summed E-state index contributed by atoms with van der Waals surface area (Å²) in [5.41, 5.74) is 1.19. The van der Waals surface area contributed by atoms with Crippen LogP contribution in [0.3, 0.4) is 0 Å². The van der Waals surface area contributed by atoms with Crippen molar-refractivity contribution in [2.45, 2.75) is 45.2 Å². The second-order valence-electron chi connectivity index (χ2n) is 7.77. The molecule has 3 heterocycles. The molecule has 2 amide bonds. The van der Waals surface area contributed by atoms with Gasteiger partial charge in [-0.15, -0.1) is 0 Å². The van der Waals surface area contributed by atoms with Crippen molar-refractivity contribution in [3.05, 3.63) is 48.5 Å². The molecule has 1 aliphatic rings. The lowest BCUT2D eigenvalue weighted by atomic mass is 9.98. The molecule has 0 aromatic carbocycles. The molecule has 0 radical (unpaired) electrons. The van der Waals surface area contributed by atoms with Gasteiger partial charge in [0.05, 0.1) is 0 Å². The van der Waals surface area contributed by atoms with Gasteiger partial charge in [0.15, 0.2) is 0 Å². The van der Waals surface area contributed by atoms with E-state index in [2.05, 4.69) is 25.6 Å². The fourth-order valence-electron chi connectivity index (χ4n) is 3.75. The molecule has 0 spiro atoms. The fourth-order valence-corrected chi connectivity index (χ4v) is 3.75. The highest BCUT2D eigenvalue weighted by molar-refractivity contribution is 5.79. The third kappa shape index (κ3) is 7.59. The van der Waals surface area contributed by atoms with Crippen LogP contribution in [0, 0.1) is 5.92 Å². The smallest absolute Gasteiger partial charge is 0.223 e. The minimum Gasteiger partial charge on any atom is -0.356 e. The van der Waals surface area contributed by atoms with Crippen LogP contribution < -0.4 is 10.6 Å². The summed E-state index contributed by atoms with van der Waals surface area (Å²) < 4.78 is 1.87. The van der Waals surface area contributed by atoms with E-state index in [1.165, 1.54) is 5.56 Å². The van der Waals surface area contributed by atoms with Gasteiger partial charge in [0.25, 0.3) is 0 Å². The molecule has 0 saturated carbocycles. The van der Waals surface area contributed by atoms with Crippen LogP contribution in [0.1, 0.15) is 37.7 Å². The van der Waals surface area contributed by atoms with Gasteiger partial charge in [0.2, 0.25) is 11.8 Å². The third-order valence-corrected chi connectivity index (χ3v) is 5.45. The molecule has 3 rings (SSSR count). The zero-order valence-corrected chi connectivity index (χ0v) is 17.5. The summed E-state index contributed by atoms with van der Waals surface area (Å²) in [7, 11) is 0. The Morgan fingerprint density at radius 1 is 1.20 bits per heavy atom. The normalized spacial score (nSPS) is 18.9. The van der Waals surface area contributed by atoms with E-state index in [0.717, 1.165) is 45.4 Å². The molecule has 2 N–H and O–H groups in total. The van der Waals surface area contributed by atoms with Crippen molar-refractivity contribution in [2.75, 3.05) is 26.2 Å². The SMILES string of the molecule is O=C1CCN(Cc2ccncc2)CCCC(C(=O)NCCCn2cccn2)CCN1. The first-order valence-corrected chi connectivity index (χ1v) is 10.8. The van der Waals surface area contributed by atoms with Gasteiger partial charge in [-0.2, -0.15) is 5.10 Å². The predicted molar refractivity (Wildman–Crippen MR) is 114 cm³/mol. The Morgan fingerprint density at radius 2 is 2.07 bits per heavy atom. The van der Waals surface area contributed by atoms with Crippen LogP contribution in [-0.4, -0.2) is 57.7 Å². The van der Waals surface area contributed by atoms with Crippen LogP contribution in [0.25, 0.3) is 0 Å². The van der Waals surface area contributed by atoms with Crippen molar-refractivity contribution in [1.82, 2.24) is 30.3 Å². The Kier molecular flexibility index (Phi) is 8.83. The first kappa shape index (κ1) is 22.0. The summed E-state index contributed by atoms with van der Waals surface area (Å²) in [6, 6.07) is 5.91. The Balaban J connectivity index is 1.47. The summed E-state index contributed by atoms with van der Waals surface area (Å²) in [5.74, 6) is 0.0653. The summed E-state index contributed by atoms with van der Waals surface area (Å²) in [5, 5.41) is 10.2. The van der Waals surface area contributed by atoms with Crippen molar-refractivity contribution < 1.29 is 9.59 Å². The van der Waals surface area contributed by atoms with Crippen LogP contribution in [-0.2, 0) is 22.7 Å². The number of amides is 2. The highest BCUT2D eigenvalue weighted by atomic mass is 16.2. The van der Waals surface area contributed by atoms with Gasteiger partial charge in [-0.05, 0) is 56.0 Å². The largest absolute Gasteiger partial charge is 0.356 e. The average molecular weight is 413 g/mol. The number of rotatable bonds is 7. The lowest BCUT2D eigenvalue weighted by molar-refractivity contribution is -0.126. The fraction of sp³-hybridized carbons (Fsp3) is 0.545. The van der Waals surface area contributed by atoms with E-state index in [1.807, 2.05) is 29.1 Å². The lowest BCUT2D eigenvalue weighted by Gasteiger charge is -2.22. The molecular formula is C22H32N6O2. The maximum atomic E-state index is 12.7. The monoisotopic (exact) mass is 412 g/mol. The number of hydrogen-bond donors (Lipinski definition) is 2. The molecule has 8 heteroatoms. The first-order valence-electron chi connectivity index (χ1n) is 10.8. The Bertz CT molecular complexity index is 765. The second-order valence-corrected chi connectivity index (χ2v) is 7.77. The van der Waals surface area contributed by atoms with E-state index in [-0.39, 0.29) is 17.7 Å². The number of carbonyl (C=O) groups excluding carboxylic acids is 2. The average Bonchev–Trinajstić information content (AvgIpc) is 3.26. The number of nitrogens with zero attached hydrogens (tertiary/aromatic N) is 4. The summed E-state index contributed by atoms with van der Waals surface area (Å²) in [4.78, 5) is 31.2. The van der Waals surface area contributed by atoms with E-state index >= 15 is 0 Å². The number of nitrogens with one attached hydrogen (secondary N) is 2. The number of pyridine rings is 1. The third-order valence-electron chi connectivity index (χ3n) is 5.45. The van der Waals surface area contributed by atoms with E-state index in [1.54, 1.807) is 18.6 Å². The summed E-state index contributed by atoms with van der Waals surface area (Å²) in [6.45, 7) is 4.36. The zero-order chi connectivity index (χ0) is 21.0. The van der Waals surface area contributed by atoms with Crippen molar-refractivity contribution in [3.8, 4) is 0 Å². The molecule has 30 heavy (non-hydrogen) atoms. The first-order chi connectivity index (χ1) is 14.7. The van der Waals surface area contributed by atoms with E-state index in [4.69, 9.17) is 0 Å². The van der Waals surface area contributed by atoms with Crippen molar-refractivity contribution >= 4 is 11.8 Å². The van der Waals surface area contributed by atoms with Gasteiger partial charge in [0.1, 0.15) is 0 Å². The topological polar surface area (TPSA) is 92.2 Å². The highest BCUT2D eigenvalue weighted by Gasteiger charge is 2.20. The number of hydrogen-bond acceptors (Lipinski definition) is 5. The predicted octanol–water partition coefficient (Wildman–Crippen LogP) is 1.59. The molecule has 0 bridgehead atoms. The van der Waals surface area contributed by atoms with E-state index < -0.39 is 0 Å². The second kappa shape index (κ2) is 12.1. The molecule has 1 unspecified atom stereocenters. The minimum atomic E-state index is -0.0733. The van der Waals surface area contributed by atoms with Gasteiger partial charge in [-0.3, -0.25) is 24.2 Å². The maximum Gasteiger partial charge on any atom is 0.223 e. The summed E-state index contributed by atoms with van der Waals surface area (Å²) >= 11 is 0. The molecule has 162 valence electrons. The van der Waals surface area contributed by atoms with Crippen molar-refractivity contribution in [3.63, 3.8) is 0 Å². The number of aryl methyl sites for hydroxylation is 1. The minimum absolute atomic E-state index is 0.0509. The van der Waals surface area contributed by atoms with Gasteiger partial charge in [-0.1, -0.05) is 0 Å². The molecule has 8 nitrogen and oxygen atoms in total. The van der Waals surface area contributed by atoms with Gasteiger partial charge < -0.3 is 10.6 Å². The molecule has 0 aliphatic carbocycles. The Labute approximate surface area is 178 Å². The van der Waals surface area contributed by atoms with E-state index in [0.29, 0.717) is 25.9 Å². The van der Waals surface area contributed by atoms with Crippen LogP contribution in [0.15, 0.2) is 43.0 Å².